The summed E-state index contributed by atoms with van der Waals surface area (Å²) in [5.74, 6) is 0.763. The van der Waals surface area contributed by atoms with Crippen LogP contribution >= 0.6 is 0 Å². The molecule has 0 spiro atoms. The lowest BCUT2D eigenvalue weighted by Gasteiger charge is -2.11. The highest BCUT2D eigenvalue weighted by molar-refractivity contribution is 5.95. The van der Waals surface area contributed by atoms with Crippen LogP contribution in [0, 0.1) is 6.92 Å². The smallest absolute Gasteiger partial charge is 0.251 e. The minimum absolute atomic E-state index is 0.0810. The Morgan fingerprint density at radius 3 is 2.48 bits per heavy atom. The fourth-order valence-corrected chi connectivity index (χ4v) is 2.04. The van der Waals surface area contributed by atoms with Gasteiger partial charge in [0.25, 0.3) is 5.91 Å². The summed E-state index contributed by atoms with van der Waals surface area (Å²) in [6.45, 7) is 2.71. The first-order chi connectivity index (χ1) is 10.1. The minimum Gasteiger partial charge on any atom is -0.497 e. The first-order valence-electron chi connectivity index (χ1n) is 6.83. The molecule has 0 unspecified atom stereocenters. The molecule has 110 valence electrons. The third-order valence-corrected chi connectivity index (χ3v) is 3.37. The largest absolute Gasteiger partial charge is 0.497 e. The monoisotopic (exact) mass is 284 g/mol. The van der Waals surface area contributed by atoms with Crippen LogP contribution in [0.5, 0.6) is 5.75 Å². The molecule has 1 amide bonds. The molecule has 0 bridgehead atoms. The number of anilines is 1. The molecular weight excluding hydrogens is 264 g/mol. The zero-order chi connectivity index (χ0) is 15.2. The normalized spacial score (nSPS) is 10.0. The summed E-state index contributed by atoms with van der Waals surface area (Å²) in [6, 6.07) is 13.6. The molecule has 0 atom stereocenters. The van der Waals surface area contributed by atoms with Gasteiger partial charge in [0.05, 0.1) is 7.11 Å². The van der Waals surface area contributed by atoms with Crippen molar-refractivity contribution in [2.45, 2.75) is 13.5 Å². The van der Waals surface area contributed by atoms with Crippen LogP contribution in [0.1, 0.15) is 21.5 Å². The Morgan fingerprint density at radius 1 is 1.14 bits per heavy atom. The Hall–Kier alpha value is -2.49. The van der Waals surface area contributed by atoms with Crippen LogP contribution in [-0.2, 0) is 6.54 Å². The van der Waals surface area contributed by atoms with E-state index in [1.54, 1.807) is 14.2 Å². The maximum atomic E-state index is 11.7. The lowest BCUT2D eigenvalue weighted by Crippen LogP contribution is -2.18. The van der Waals surface area contributed by atoms with E-state index in [1.807, 2.05) is 49.4 Å². The third-order valence-electron chi connectivity index (χ3n) is 3.37. The summed E-state index contributed by atoms with van der Waals surface area (Å²) >= 11 is 0. The Morgan fingerprint density at radius 2 is 1.86 bits per heavy atom. The molecule has 2 aromatic carbocycles. The Labute approximate surface area is 125 Å². The fourth-order valence-electron chi connectivity index (χ4n) is 2.04. The first kappa shape index (κ1) is 14.9. The van der Waals surface area contributed by atoms with Crippen LogP contribution in [0.2, 0.25) is 0 Å². The molecule has 0 aliphatic rings. The number of carbonyl (C=O) groups excluding carboxylic acids is 1. The summed E-state index contributed by atoms with van der Waals surface area (Å²) in [5.41, 5.74) is 3.88. The molecule has 2 aromatic rings. The molecule has 0 aliphatic heterocycles. The van der Waals surface area contributed by atoms with Gasteiger partial charge in [0.2, 0.25) is 0 Å². The molecule has 0 aliphatic carbocycles. The van der Waals surface area contributed by atoms with Gasteiger partial charge in [-0.3, -0.25) is 4.79 Å². The number of methoxy groups -OCH3 is 1. The second-order valence-electron chi connectivity index (χ2n) is 4.81. The van der Waals surface area contributed by atoms with E-state index in [1.165, 1.54) is 0 Å². The van der Waals surface area contributed by atoms with Crippen molar-refractivity contribution < 1.29 is 9.53 Å². The Balaban J connectivity index is 2.09. The van der Waals surface area contributed by atoms with Crippen molar-refractivity contribution in [1.82, 2.24) is 5.32 Å². The highest BCUT2D eigenvalue weighted by atomic mass is 16.5. The zero-order valence-corrected chi connectivity index (χ0v) is 12.6. The molecule has 0 fully saturated rings. The summed E-state index contributed by atoms with van der Waals surface area (Å²) < 4.78 is 5.14. The second kappa shape index (κ2) is 6.79. The van der Waals surface area contributed by atoms with E-state index in [9.17, 15) is 4.79 Å². The van der Waals surface area contributed by atoms with Gasteiger partial charge in [-0.15, -0.1) is 0 Å². The minimum atomic E-state index is -0.0810. The van der Waals surface area contributed by atoms with E-state index < -0.39 is 0 Å². The number of ether oxygens (including phenoxy) is 1. The Bertz CT molecular complexity index is 621. The summed E-state index contributed by atoms with van der Waals surface area (Å²) in [5, 5.41) is 6.00. The van der Waals surface area contributed by atoms with Crippen molar-refractivity contribution >= 4 is 11.6 Å². The van der Waals surface area contributed by atoms with E-state index in [4.69, 9.17) is 4.74 Å². The van der Waals surface area contributed by atoms with Crippen molar-refractivity contribution in [3.8, 4) is 5.75 Å². The molecule has 0 saturated heterocycles. The maximum Gasteiger partial charge on any atom is 0.251 e. The Kier molecular flexibility index (Phi) is 4.82. The predicted molar refractivity (Wildman–Crippen MR) is 84.9 cm³/mol. The van der Waals surface area contributed by atoms with Gasteiger partial charge in [0.1, 0.15) is 5.75 Å². The molecule has 0 radical (unpaired) electrons. The molecule has 2 N–H and O–H groups in total. The number of benzene rings is 2. The molecule has 0 aromatic heterocycles. The van der Waals surface area contributed by atoms with Crippen LogP contribution in [0.15, 0.2) is 42.5 Å². The topological polar surface area (TPSA) is 50.4 Å². The summed E-state index contributed by atoms with van der Waals surface area (Å²) in [7, 11) is 3.29. The van der Waals surface area contributed by atoms with Gasteiger partial charge in [-0.05, 0) is 42.3 Å². The quantitative estimate of drug-likeness (QED) is 0.887. The molecule has 21 heavy (non-hydrogen) atoms. The lowest BCUT2D eigenvalue weighted by atomic mass is 10.1. The lowest BCUT2D eigenvalue weighted by molar-refractivity contribution is 0.0963. The van der Waals surface area contributed by atoms with Gasteiger partial charge in [-0.1, -0.05) is 18.2 Å². The second-order valence-corrected chi connectivity index (χ2v) is 4.81. The highest BCUT2D eigenvalue weighted by Crippen LogP contribution is 2.19. The van der Waals surface area contributed by atoms with Crippen molar-refractivity contribution in [3.05, 3.63) is 59.2 Å². The number of amides is 1. The van der Waals surface area contributed by atoms with Crippen molar-refractivity contribution in [2.24, 2.45) is 0 Å². The van der Waals surface area contributed by atoms with E-state index in [0.29, 0.717) is 12.1 Å². The zero-order valence-electron chi connectivity index (χ0n) is 12.6. The first-order valence-corrected chi connectivity index (χ1v) is 6.83. The highest BCUT2D eigenvalue weighted by Gasteiger charge is 2.06. The molecule has 4 nitrogen and oxygen atoms in total. The van der Waals surface area contributed by atoms with E-state index in [0.717, 1.165) is 22.6 Å². The number of rotatable bonds is 5. The van der Waals surface area contributed by atoms with Crippen molar-refractivity contribution in [3.63, 3.8) is 0 Å². The fraction of sp³-hybridized carbons (Fsp3) is 0.235. The van der Waals surface area contributed by atoms with Gasteiger partial charge in [-0.2, -0.15) is 0 Å². The number of carbonyl (C=O) groups is 1. The van der Waals surface area contributed by atoms with Gasteiger partial charge in [-0.25, -0.2) is 0 Å². The van der Waals surface area contributed by atoms with Crippen molar-refractivity contribution in [2.75, 3.05) is 19.5 Å². The number of hydrogen-bond donors (Lipinski definition) is 2. The molecular formula is C17H20N2O2. The number of nitrogens with one attached hydrogen (secondary N) is 2. The van der Waals surface area contributed by atoms with Gasteiger partial charge >= 0.3 is 0 Å². The van der Waals surface area contributed by atoms with Gasteiger partial charge in [0, 0.05) is 24.8 Å². The van der Waals surface area contributed by atoms with E-state index >= 15 is 0 Å². The van der Waals surface area contributed by atoms with Gasteiger partial charge in [0.15, 0.2) is 0 Å². The summed E-state index contributed by atoms with van der Waals surface area (Å²) in [4.78, 5) is 11.7. The molecule has 0 saturated carbocycles. The predicted octanol–water partition coefficient (Wildman–Crippen LogP) is 2.98. The van der Waals surface area contributed by atoms with Gasteiger partial charge < -0.3 is 15.4 Å². The standard InChI is InChI=1S/C17H20N2O2/c1-12-4-7-14(17(20)18-2)10-16(12)19-11-13-5-8-15(21-3)9-6-13/h4-10,19H,11H2,1-3H3,(H,18,20). The van der Waals surface area contributed by atoms with E-state index in [-0.39, 0.29) is 5.91 Å². The van der Waals surface area contributed by atoms with E-state index in [2.05, 4.69) is 10.6 Å². The van der Waals surface area contributed by atoms with Crippen LogP contribution in [0.25, 0.3) is 0 Å². The summed E-state index contributed by atoms with van der Waals surface area (Å²) in [6.07, 6.45) is 0. The number of hydrogen-bond acceptors (Lipinski definition) is 3. The average molecular weight is 284 g/mol. The van der Waals surface area contributed by atoms with Crippen LogP contribution < -0.4 is 15.4 Å². The maximum absolute atomic E-state index is 11.7. The average Bonchev–Trinajstić information content (AvgIpc) is 2.53. The molecule has 0 heterocycles. The molecule has 2 rings (SSSR count). The van der Waals surface area contributed by atoms with Crippen LogP contribution in [-0.4, -0.2) is 20.1 Å². The van der Waals surface area contributed by atoms with Crippen LogP contribution in [0.3, 0.4) is 0 Å². The third kappa shape index (κ3) is 3.75. The number of aryl methyl sites for hydroxylation is 1. The SMILES string of the molecule is CNC(=O)c1ccc(C)c(NCc2ccc(OC)cc2)c1. The molecule has 4 heteroatoms. The van der Waals surface area contributed by atoms with Crippen molar-refractivity contribution in [1.29, 1.82) is 0 Å². The van der Waals surface area contributed by atoms with Crippen LogP contribution in [0.4, 0.5) is 5.69 Å².